The van der Waals surface area contributed by atoms with E-state index in [0.29, 0.717) is 5.69 Å². The minimum atomic E-state index is -3.87. The van der Waals surface area contributed by atoms with Gasteiger partial charge in [-0.1, -0.05) is 30.3 Å². The number of sulfonamides is 1. The van der Waals surface area contributed by atoms with Gasteiger partial charge in [-0.15, -0.1) is 0 Å². The van der Waals surface area contributed by atoms with Crippen LogP contribution in [0.3, 0.4) is 0 Å². The van der Waals surface area contributed by atoms with Crippen molar-refractivity contribution in [1.82, 2.24) is 0 Å². The molecular formula is C22H21FN2O3S. The van der Waals surface area contributed by atoms with Gasteiger partial charge in [0, 0.05) is 12.1 Å². The molecule has 3 rings (SSSR count). The molecule has 0 aliphatic heterocycles. The van der Waals surface area contributed by atoms with E-state index in [0.717, 1.165) is 5.56 Å². The van der Waals surface area contributed by atoms with Crippen LogP contribution in [0, 0.1) is 12.7 Å². The number of rotatable bonds is 6. The van der Waals surface area contributed by atoms with Crippen molar-refractivity contribution in [2.24, 2.45) is 0 Å². The molecule has 29 heavy (non-hydrogen) atoms. The fourth-order valence-corrected chi connectivity index (χ4v) is 4.46. The summed E-state index contributed by atoms with van der Waals surface area (Å²) in [6.45, 7) is 3.75. The third kappa shape index (κ3) is 4.46. The predicted molar refractivity (Wildman–Crippen MR) is 112 cm³/mol. The van der Waals surface area contributed by atoms with Crippen LogP contribution >= 0.6 is 0 Å². The summed E-state index contributed by atoms with van der Waals surface area (Å²) in [7, 11) is -3.87. The monoisotopic (exact) mass is 412 g/mol. The third-order valence-corrected chi connectivity index (χ3v) is 6.28. The molecule has 0 aliphatic rings. The van der Waals surface area contributed by atoms with Gasteiger partial charge in [0.25, 0.3) is 15.9 Å². The van der Waals surface area contributed by atoms with E-state index in [1.54, 1.807) is 50.2 Å². The van der Waals surface area contributed by atoms with Gasteiger partial charge in [0.05, 0.1) is 16.3 Å². The summed E-state index contributed by atoms with van der Waals surface area (Å²) in [4.78, 5) is 12.6. The Hall–Kier alpha value is -3.19. The molecule has 0 saturated carbocycles. The number of aryl methyl sites for hydroxylation is 1. The molecule has 7 heteroatoms. The van der Waals surface area contributed by atoms with Crippen molar-refractivity contribution < 1.29 is 17.6 Å². The SMILES string of the molecule is CCN(c1ccccc1)S(=O)(=O)c1cccc(C(=O)Nc2cc(C)ccc2F)c1. The first kappa shape index (κ1) is 20.5. The lowest BCUT2D eigenvalue weighted by molar-refractivity contribution is 0.102. The predicted octanol–water partition coefficient (Wildman–Crippen LogP) is 4.60. The minimum absolute atomic E-state index is 0.0134. The smallest absolute Gasteiger partial charge is 0.264 e. The Balaban J connectivity index is 1.92. The number of hydrogen-bond donors (Lipinski definition) is 1. The summed E-state index contributed by atoms with van der Waals surface area (Å²) >= 11 is 0. The maximum atomic E-state index is 13.9. The van der Waals surface area contributed by atoms with Gasteiger partial charge < -0.3 is 5.32 Å². The normalized spacial score (nSPS) is 11.1. The Labute approximate surface area is 169 Å². The number of para-hydroxylation sites is 1. The fraction of sp³-hybridized carbons (Fsp3) is 0.136. The van der Waals surface area contributed by atoms with Gasteiger partial charge in [0.2, 0.25) is 0 Å². The zero-order valence-corrected chi connectivity index (χ0v) is 16.9. The number of anilines is 2. The number of nitrogens with zero attached hydrogens (tertiary/aromatic N) is 1. The lowest BCUT2D eigenvalue weighted by Gasteiger charge is -2.23. The molecule has 0 unspecified atom stereocenters. The summed E-state index contributed by atoms with van der Waals surface area (Å²) < 4.78 is 41.5. The number of carbonyl (C=O) groups excluding carboxylic acids is 1. The molecule has 150 valence electrons. The Bertz CT molecular complexity index is 1130. The standard InChI is InChI=1S/C22H21FN2O3S/c1-3-25(18-9-5-4-6-10-18)29(27,28)19-11-7-8-17(15-19)22(26)24-21-14-16(2)12-13-20(21)23/h4-15H,3H2,1-2H3,(H,24,26). The third-order valence-electron chi connectivity index (χ3n) is 4.39. The second-order valence-electron chi connectivity index (χ2n) is 6.47. The average molecular weight is 412 g/mol. The minimum Gasteiger partial charge on any atom is -0.319 e. The van der Waals surface area contributed by atoms with E-state index >= 15 is 0 Å². The topological polar surface area (TPSA) is 66.5 Å². The summed E-state index contributed by atoms with van der Waals surface area (Å²) in [5.74, 6) is -1.15. The molecular weight excluding hydrogens is 391 g/mol. The number of hydrogen-bond acceptors (Lipinski definition) is 3. The molecule has 0 spiro atoms. The van der Waals surface area contributed by atoms with Crippen LogP contribution in [0.4, 0.5) is 15.8 Å². The Morgan fingerprint density at radius 1 is 1.00 bits per heavy atom. The molecule has 0 aromatic heterocycles. The molecule has 0 bridgehead atoms. The first-order valence-corrected chi connectivity index (χ1v) is 10.5. The molecule has 1 amide bonds. The highest BCUT2D eigenvalue weighted by Gasteiger charge is 2.24. The largest absolute Gasteiger partial charge is 0.319 e. The van der Waals surface area contributed by atoms with Crippen molar-refractivity contribution in [3.05, 3.63) is 89.7 Å². The zero-order valence-electron chi connectivity index (χ0n) is 16.1. The van der Waals surface area contributed by atoms with Gasteiger partial charge in [-0.3, -0.25) is 9.10 Å². The van der Waals surface area contributed by atoms with Crippen LogP contribution in [0.15, 0.2) is 77.7 Å². The van der Waals surface area contributed by atoms with E-state index in [2.05, 4.69) is 5.32 Å². The fourth-order valence-electron chi connectivity index (χ4n) is 2.94. The molecule has 0 aliphatic carbocycles. The molecule has 0 atom stereocenters. The summed E-state index contributed by atoms with van der Waals surface area (Å²) in [6.07, 6.45) is 0. The maximum absolute atomic E-state index is 13.9. The van der Waals surface area contributed by atoms with Crippen molar-refractivity contribution in [3.63, 3.8) is 0 Å². The van der Waals surface area contributed by atoms with E-state index in [1.165, 1.54) is 40.7 Å². The second kappa shape index (κ2) is 8.45. The van der Waals surface area contributed by atoms with E-state index in [4.69, 9.17) is 0 Å². The highest BCUT2D eigenvalue weighted by Crippen LogP contribution is 2.24. The lowest BCUT2D eigenvalue weighted by atomic mass is 10.2. The Morgan fingerprint density at radius 2 is 1.72 bits per heavy atom. The first-order valence-electron chi connectivity index (χ1n) is 9.08. The molecule has 0 heterocycles. The highest BCUT2D eigenvalue weighted by atomic mass is 32.2. The van der Waals surface area contributed by atoms with E-state index < -0.39 is 21.7 Å². The van der Waals surface area contributed by atoms with Crippen LogP contribution in [-0.4, -0.2) is 20.9 Å². The van der Waals surface area contributed by atoms with Crippen LogP contribution in [0.5, 0.6) is 0 Å². The Morgan fingerprint density at radius 3 is 2.41 bits per heavy atom. The summed E-state index contributed by atoms with van der Waals surface area (Å²) in [5, 5.41) is 2.50. The average Bonchev–Trinajstić information content (AvgIpc) is 2.72. The van der Waals surface area contributed by atoms with Gasteiger partial charge >= 0.3 is 0 Å². The molecule has 0 radical (unpaired) electrons. The number of carbonyl (C=O) groups is 1. The van der Waals surface area contributed by atoms with Gasteiger partial charge in [-0.05, 0) is 61.9 Å². The van der Waals surface area contributed by atoms with Crippen molar-refractivity contribution in [2.45, 2.75) is 18.7 Å². The van der Waals surface area contributed by atoms with Gasteiger partial charge in [0.15, 0.2) is 0 Å². The van der Waals surface area contributed by atoms with E-state index in [1.807, 2.05) is 0 Å². The maximum Gasteiger partial charge on any atom is 0.264 e. The van der Waals surface area contributed by atoms with Crippen molar-refractivity contribution in [3.8, 4) is 0 Å². The lowest BCUT2D eigenvalue weighted by Crippen LogP contribution is -2.31. The van der Waals surface area contributed by atoms with Crippen LogP contribution in [0.25, 0.3) is 0 Å². The summed E-state index contributed by atoms with van der Waals surface area (Å²) in [5.41, 5.74) is 1.49. The molecule has 3 aromatic rings. The molecule has 0 saturated heterocycles. The zero-order chi connectivity index (χ0) is 21.0. The highest BCUT2D eigenvalue weighted by molar-refractivity contribution is 7.92. The van der Waals surface area contributed by atoms with Crippen molar-refractivity contribution in [1.29, 1.82) is 0 Å². The molecule has 5 nitrogen and oxygen atoms in total. The second-order valence-corrected chi connectivity index (χ2v) is 8.33. The van der Waals surface area contributed by atoms with Crippen molar-refractivity contribution >= 4 is 27.3 Å². The number of benzene rings is 3. The van der Waals surface area contributed by atoms with Gasteiger partial charge in [0.1, 0.15) is 5.82 Å². The van der Waals surface area contributed by atoms with E-state index in [9.17, 15) is 17.6 Å². The van der Waals surface area contributed by atoms with Crippen LogP contribution in [0.1, 0.15) is 22.8 Å². The molecule has 0 fully saturated rings. The van der Waals surface area contributed by atoms with Crippen LogP contribution in [-0.2, 0) is 10.0 Å². The first-order chi connectivity index (χ1) is 13.8. The molecule has 1 N–H and O–H groups in total. The quantitative estimate of drug-likeness (QED) is 0.643. The number of halogens is 1. The van der Waals surface area contributed by atoms with Crippen LogP contribution < -0.4 is 9.62 Å². The van der Waals surface area contributed by atoms with E-state index in [-0.39, 0.29) is 22.7 Å². The van der Waals surface area contributed by atoms with Crippen molar-refractivity contribution in [2.75, 3.05) is 16.2 Å². The molecule has 3 aromatic carbocycles. The Kier molecular flexibility index (Phi) is 5.98. The summed E-state index contributed by atoms with van der Waals surface area (Å²) in [6, 6.07) is 18.8. The van der Waals surface area contributed by atoms with Gasteiger partial charge in [-0.2, -0.15) is 0 Å². The number of nitrogens with one attached hydrogen (secondary N) is 1. The van der Waals surface area contributed by atoms with Crippen LogP contribution in [0.2, 0.25) is 0 Å². The number of amides is 1. The van der Waals surface area contributed by atoms with Gasteiger partial charge in [-0.25, -0.2) is 12.8 Å².